The number of rotatable bonds is 8. The van der Waals surface area contributed by atoms with Crippen LogP contribution in [0.15, 0.2) is 28.8 Å². The maximum absolute atomic E-state index is 13.1. The van der Waals surface area contributed by atoms with Crippen molar-refractivity contribution in [2.75, 3.05) is 26.8 Å². The van der Waals surface area contributed by atoms with Gasteiger partial charge in [-0.3, -0.25) is 4.79 Å². The Bertz CT molecular complexity index is 690. The van der Waals surface area contributed by atoms with Crippen LogP contribution >= 0.6 is 0 Å². The number of amides is 1. The van der Waals surface area contributed by atoms with Crippen molar-refractivity contribution in [3.8, 4) is 5.75 Å². The summed E-state index contributed by atoms with van der Waals surface area (Å²) in [7, 11) is 1.56. The van der Waals surface area contributed by atoms with Crippen molar-refractivity contribution in [1.82, 2.24) is 10.1 Å². The minimum absolute atomic E-state index is 0.0600. The monoisotopic (exact) mass is 340 g/mol. The fourth-order valence-corrected chi connectivity index (χ4v) is 1.97. The Morgan fingerprint density at radius 1 is 1.29 bits per heavy atom. The highest BCUT2D eigenvalue weighted by Gasteiger charge is 2.18. The maximum atomic E-state index is 13.1. The molecule has 0 N–H and O–H groups in total. The van der Waals surface area contributed by atoms with Crippen LogP contribution in [-0.4, -0.2) is 42.8 Å². The fraction of sp³-hybridized carbons (Fsp3) is 0.375. The van der Waals surface area contributed by atoms with E-state index in [4.69, 9.17) is 14.0 Å². The van der Waals surface area contributed by atoms with Gasteiger partial charge >= 0.3 is 0 Å². The van der Waals surface area contributed by atoms with Crippen LogP contribution in [0.25, 0.3) is 0 Å². The SMILES string of the molecule is CCN(CCOC)C(=O)c1cc(COc2ccc(F)c(F)c2)on1. The van der Waals surface area contributed by atoms with E-state index in [0.29, 0.717) is 25.5 Å². The Morgan fingerprint density at radius 3 is 2.75 bits per heavy atom. The van der Waals surface area contributed by atoms with Crippen molar-refractivity contribution in [3.63, 3.8) is 0 Å². The van der Waals surface area contributed by atoms with Gasteiger partial charge in [-0.1, -0.05) is 5.16 Å². The molecule has 6 nitrogen and oxygen atoms in total. The summed E-state index contributed by atoms with van der Waals surface area (Å²) < 4.78 is 41.2. The number of carbonyl (C=O) groups excluding carboxylic acids is 1. The second-order valence-electron chi connectivity index (χ2n) is 4.92. The molecule has 0 fully saturated rings. The molecule has 0 aliphatic carbocycles. The summed E-state index contributed by atoms with van der Waals surface area (Å²) in [5.41, 5.74) is 0.150. The number of likely N-dealkylation sites (N-methyl/N-ethyl adjacent to an activating group) is 1. The Kier molecular flexibility index (Phi) is 6.25. The van der Waals surface area contributed by atoms with Crippen molar-refractivity contribution < 1.29 is 27.6 Å². The summed E-state index contributed by atoms with van der Waals surface area (Å²) in [6, 6.07) is 4.65. The van der Waals surface area contributed by atoms with Gasteiger partial charge in [-0.05, 0) is 19.1 Å². The highest BCUT2D eigenvalue weighted by atomic mass is 19.2. The smallest absolute Gasteiger partial charge is 0.276 e. The van der Waals surface area contributed by atoms with E-state index in [1.165, 1.54) is 12.1 Å². The molecule has 0 radical (unpaired) electrons. The highest BCUT2D eigenvalue weighted by molar-refractivity contribution is 5.92. The lowest BCUT2D eigenvalue weighted by atomic mass is 10.3. The van der Waals surface area contributed by atoms with Gasteiger partial charge in [0.2, 0.25) is 0 Å². The number of benzene rings is 1. The molecule has 1 aromatic carbocycles. The van der Waals surface area contributed by atoms with Crippen LogP contribution in [-0.2, 0) is 11.3 Å². The third-order valence-corrected chi connectivity index (χ3v) is 3.28. The van der Waals surface area contributed by atoms with E-state index in [-0.39, 0.29) is 24.0 Å². The zero-order valence-electron chi connectivity index (χ0n) is 13.4. The van der Waals surface area contributed by atoms with Crippen LogP contribution in [0.1, 0.15) is 23.2 Å². The molecule has 1 aromatic heterocycles. The number of nitrogens with zero attached hydrogens (tertiary/aromatic N) is 2. The standard InChI is InChI=1S/C16H18F2N2O4/c1-3-20(6-7-22-2)16(21)15-9-12(24-19-15)10-23-11-4-5-13(17)14(18)8-11/h4-5,8-9H,3,6-7,10H2,1-2H3. The molecular formula is C16H18F2N2O4. The van der Waals surface area contributed by atoms with E-state index >= 15 is 0 Å². The Morgan fingerprint density at radius 2 is 2.08 bits per heavy atom. The van der Waals surface area contributed by atoms with E-state index in [1.807, 2.05) is 6.92 Å². The summed E-state index contributed by atoms with van der Waals surface area (Å²) in [6.45, 7) is 3.16. The molecular weight excluding hydrogens is 322 g/mol. The third-order valence-electron chi connectivity index (χ3n) is 3.28. The van der Waals surface area contributed by atoms with Gasteiger partial charge in [-0.25, -0.2) is 8.78 Å². The first-order valence-corrected chi connectivity index (χ1v) is 7.36. The van der Waals surface area contributed by atoms with Gasteiger partial charge in [0, 0.05) is 32.3 Å². The van der Waals surface area contributed by atoms with Crippen LogP contribution in [0.3, 0.4) is 0 Å². The Balaban J connectivity index is 1.96. The molecule has 0 unspecified atom stereocenters. The predicted octanol–water partition coefficient (Wildman–Crippen LogP) is 2.64. The first-order valence-electron chi connectivity index (χ1n) is 7.36. The first kappa shape index (κ1) is 17.9. The highest BCUT2D eigenvalue weighted by Crippen LogP contribution is 2.17. The number of hydrogen-bond donors (Lipinski definition) is 0. The minimum atomic E-state index is -1.00. The molecule has 0 spiro atoms. The van der Waals surface area contributed by atoms with Crippen molar-refractivity contribution in [1.29, 1.82) is 0 Å². The topological polar surface area (TPSA) is 64.8 Å². The number of carbonyl (C=O) groups is 1. The molecule has 0 saturated heterocycles. The van der Waals surface area contributed by atoms with E-state index < -0.39 is 11.6 Å². The average Bonchev–Trinajstić information content (AvgIpc) is 3.05. The Hall–Kier alpha value is -2.48. The quantitative estimate of drug-likeness (QED) is 0.739. The molecule has 0 aliphatic rings. The molecule has 24 heavy (non-hydrogen) atoms. The number of halogens is 2. The summed E-state index contributed by atoms with van der Waals surface area (Å²) in [4.78, 5) is 13.8. The fourth-order valence-electron chi connectivity index (χ4n) is 1.97. The molecule has 0 saturated carbocycles. The van der Waals surface area contributed by atoms with Crippen LogP contribution < -0.4 is 4.74 Å². The molecule has 0 aliphatic heterocycles. The second-order valence-corrected chi connectivity index (χ2v) is 4.92. The second kappa shape index (κ2) is 8.39. The average molecular weight is 340 g/mol. The number of ether oxygens (including phenoxy) is 2. The molecule has 1 heterocycles. The zero-order valence-corrected chi connectivity index (χ0v) is 13.4. The van der Waals surface area contributed by atoms with E-state index in [2.05, 4.69) is 5.16 Å². The largest absolute Gasteiger partial charge is 0.485 e. The van der Waals surface area contributed by atoms with Crippen molar-refractivity contribution >= 4 is 5.91 Å². The van der Waals surface area contributed by atoms with Crippen LogP contribution in [0.5, 0.6) is 5.75 Å². The molecule has 0 atom stereocenters. The molecule has 8 heteroatoms. The summed E-state index contributed by atoms with van der Waals surface area (Å²) in [5.74, 6) is -1.79. The lowest BCUT2D eigenvalue weighted by Crippen LogP contribution is -2.33. The summed E-state index contributed by atoms with van der Waals surface area (Å²) in [6.07, 6.45) is 0. The number of methoxy groups -OCH3 is 1. The normalized spacial score (nSPS) is 10.7. The van der Waals surface area contributed by atoms with E-state index in [9.17, 15) is 13.6 Å². The molecule has 2 aromatic rings. The van der Waals surface area contributed by atoms with Gasteiger partial charge in [-0.2, -0.15) is 0 Å². The van der Waals surface area contributed by atoms with Crippen molar-refractivity contribution in [2.45, 2.75) is 13.5 Å². The van der Waals surface area contributed by atoms with Crippen LogP contribution in [0.4, 0.5) is 8.78 Å². The van der Waals surface area contributed by atoms with Gasteiger partial charge in [0.1, 0.15) is 12.4 Å². The van der Waals surface area contributed by atoms with Crippen LogP contribution in [0.2, 0.25) is 0 Å². The van der Waals surface area contributed by atoms with Gasteiger partial charge < -0.3 is 18.9 Å². The van der Waals surface area contributed by atoms with Gasteiger partial charge in [-0.15, -0.1) is 0 Å². The third kappa shape index (κ3) is 4.51. The van der Waals surface area contributed by atoms with E-state index in [0.717, 1.165) is 12.1 Å². The molecule has 130 valence electrons. The first-order chi connectivity index (χ1) is 11.5. The zero-order chi connectivity index (χ0) is 17.5. The molecule has 0 bridgehead atoms. The number of aromatic nitrogens is 1. The Labute approximate surface area is 137 Å². The summed E-state index contributed by atoms with van der Waals surface area (Å²) in [5, 5.41) is 3.72. The van der Waals surface area contributed by atoms with Crippen LogP contribution in [0, 0.1) is 11.6 Å². The predicted molar refractivity (Wildman–Crippen MR) is 80.6 cm³/mol. The van der Waals surface area contributed by atoms with Crippen molar-refractivity contribution in [3.05, 3.63) is 47.4 Å². The van der Waals surface area contributed by atoms with Gasteiger partial charge in [0.25, 0.3) is 5.91 Å². The minimum Gasteiger partial charge on any atom is -0.485 e. The molecule has 1 amide bonds. The molecule has 2 rings (SSSR count). The maximum Gasteiger partial charge on any atom is 0.276 e. The van der Waals surface area contributed by atoms with E-state index in [1.54, 1.807) is 12.0 Å². The van der Waals surface area contributed by atoms with Crippen molar-refractivity contribution in [2.24, 2.45) is 0 Å². The number of hydrogen-bond acceptors (Lipinski definition) is 5. The summed E-state index contributed by atoms with van der Waals surface area (Å²) >= 11 is 0. The lowest BCUT2D eigenvalue weighted by molar-refractivity contribution is 0.0696. The van der Waals surface area contributed by atoms with Gasteiger partial charge in [0.15, 0.2) is 23.1 Å². The lowest BCUT2D eigenvalue weighted by Gasteiger charge is -2.18. The van der Waals surface area contributed by atoms with Gasteiger partial charge in [0.05, 0.1) is 6.61 Å².